The molecular weight excluding hydrogens is 413 g/mol. The van der Waals surface area contributed by atoms with Gasteiger partial charge in [-0.25, -0.2) is 0 Å². The topological polar surface area (TPSA) is 58.8 Å². The quantitative estimate of drug-likeness (QED) is 0.289. The molecule has 0 saturated heterocycles. The van der Waals surface area contributed by atoms with Crippen LogP contribution in [-0.2, 0) is 17.9 Å². The second-order valence-corrected chi connectivity index (χ2v) is 5.45. The normalized spacial score (nSPS) is 11.0. The van der Waals surface area contributed by atoms with Crippen LogP contribution in [0.3, 0.4) is 0 Å². The summed E-state index contributed by atoms with van der Waals surface area (Å²) in [5.41, 5.74) is 0. The molecule has 0 radical (unpaired) electrons. The Hall–Kier alpha value is -1.06. The van der Waals surface area contributed by atoms with E-state index in [2.05, 4.69) is 27.1 Å². The van der Waals surface area contributed by atoms with Crippen molar-refractivity contribution in [2.45, 2.75) is 19.6 Å². The van der Waals surface area contributed by atoms with Gasteiger partial charge in [-0.05, 0) is 30.0 Å². The fourth-order valence-electron chi connectivity index (χ4n) is 1.75. The number of nitrogens with zero attached hydrogens (tertiary/aromatic N) is 1. The van der Waals surface area contributed by atoms with Gasteiger partial charge in [-0.2, -0.15) is 0 Å². The zero-order chi connectivity index (χ0) is 14.8. The predicted molar refractivity (Wildman–Crippen MR) is 101 cm³/mol. The molecule has 0 aliphatic heterocycles. The van der Waals surface area contributed by atoms with Crippen LogP contribution in [0.5, 0.6) is 0 Å². The van der Waals surface area contributed by atoms with Gasteiger partial charge in [0.25, 0.3) is 0 Å². The van der Waals surface area contributed by atoms with Crippen LogP contribution in [-0.4, -0.2) is 26.2 Å². The molecule has 0 atom stereocenters. The fourth-order valence-corrected chi connectivity index (χ4v) is 2.40. The van der Waals surface area contributed by atoms with E-state index in [0.717, 1.165) is 31.2 Å². The van der Waals surface area contributed by atoms with Crippen molar-refractivity contribution in [1.82, 2.24) is 10.6 Å². The highest BCUT2D eigenvalue weighted by Crippen LogP contribution is 2.07. The number of thiophene rings is 1. The Labute approximate surface area is 152 Å². The van der Waals surface area contributed by atoms with Crippen molar-refractivity contribution in [3.05, 3.63) is 46.5 Å². The van der Waals surface area contributed by atoms with Crippen LogP contribution < -0.4 is 10.6 Å². The summed E-state index contributed by atoms with van der Waals surface area (Å²) in [5.74, 6) is 1.67. The molecule has 0 unspecified atom stereocenters. The molecule has 0 saturated carbocycles. The lowest BCUT2D eigenvalue weighted by molar-refractivity contribution is 0.105. The molecule has 0 amide bonds. The van der Waals surface area contributed by atoms with E-state index >= 15 is 0 Å². The van der Waals surface area contributed by atoms with Gasteiger partial charge in [-0.15, -0.1) is 35.3 Å². The summed E-state index contributed by atoms with van der Waals surface area (Å²) >= 11 is 1.73. The first-order valence-corrected chi connectivity index (χ1v) is 7.83. The molecule has 0 bridgehead atoms. The first-order valence-electron chi connectivity index (χ1n) is 6.95. The van der Waals surface area contributed by atoms with Gasteiger partial charge < -0.3 is 19.8 Å². The van der Waals surface area contributed by atoms with E-state index in [1.54, 1.807) is 24.6 Å². The number of hydrogen-bond donors (Lipinski definition) is 2. The van der Waals surface area contributed by atoms with Gasteiger partial charge in [-0.3, -0.25) is 4.99 Å². The van der Waals surface area contributed by atoms with Gasteiger partial charge in [0.2, 0.25) is 0 Å². The Morgan fingerprint density at radius 3 is 2.91 bits per heavy atom. The largest absolute Gasteiger partial charge is 0.467 e. The third-order valence-corrected chi connectivity index (χ3v) is 3.69. The van der Waals surface area contributed by atoms with Gasteiger partial charge >= 0.3 is 0 Å². The van der Waals surface area contributed by atoms with Crippen molar-refractivity contribution in [3.63, 3.8) is 0 Å². The minimum absolute atomic E-state index is 0. The van der Waals surface area contributed by atoms with Crippen LogP contribution in [0.4, 0.5) is 0 Å². The highest BCUT2D eigenvalue weighted by Gasteiger charge is 1.99. The van der Waals surface area contributed by atoms with Crippen LogP contribution in [0.1, 0.15) is 17.1 Å². The SMILES string of the molecule is CN=C(NCCCOCc1ccco1)NCc1cccs1.I. The predicted octanol–water partition coefficient (Wildman–Crippen LogP) is 3.23. The van der Waals surface area contributed by atoms with Gasteiger partial charge in [0.15, 0.2) is 5.96 Å². The second-order valence-electron chi connectivity index (χ2n) is 4.42. The highest BCUT2D eigenvalue weighted by molar-refractivity contribution is 14.0. The summed E-state index contributed by atoms with van der Waals surface area (Å²) in [6.45, 7) is 2.84. The molecule has 0 aliphatic carbocycles. The van der Waals surface area contributed by atoms with E-state index in [-0.39, 0.29) is 24.0 Å². The Bertz CT molecular complexity index is 515. The van der Waals surface area contributed by atoms with Crippen LogP contribution in [0.2, 0.25) is 0 Å². The Balaban J connectivity index is 0.00000242. The number of hydrogen-bond acceptors (Lipinski definition) is 4. The number of rotatable bonds is 8. The van der Waals surface area contributed by atoms with E-state index in [9.17, 15) is 0 Å². The third-order valence-electron chi connectivity index (χ3n) is 2.82. The second kappa shape index (κ2) is 11.5. The Morgan fingerprint density at radius 2 is 2.23 bits per heavy atom. The number of ether oxygens (including phenoxy) is 1. The van der Waals surface area contributed by atoms with Crippen molar-refractivity contribution in [3.8, 4) is 0 Å². The Morgan fingerprint density at radius 1 is 1.32 bits per heavy atom. The number of aliphatic imine (C=N–C) groups is 1. The van der Waals surface area contributed by atoms with E-state index in [1.807, 2.05) is 18.2 Å². The first-order chi connectivity index (χ1) is 10.4. The van der Waals surface area contributed by atoms with E-state index < -0.39 is 0 Å². The monoisotopic (exact) mass is 435 g/mol. The van der Waals surface area contributed by atoms with Gasteiger partial charge in [0, 0.05) is 25.1 Å². The highest BCUT2D eigenvalue weighted by atomic mass is 127. The molecule has 5 nitrogen and oxygen atoms in total. The molecule has 0 aliphatic rings. The van der Waals surface area contributed by atoms with Crippen LogP contribution in [0, 0.1) is 0 Å². The van der Waals surface area contributed by atoms with E-state index in [0.29, 0.717) is 13.2 Å². The maximum Gasteiger partial charge on any atom is 0.191 e. The number of guanidine groups is 1. The molecule has 7 heteroatoms. The van der Waals surface area contributed by atoms with Crippen molar-refractivity contribution < 1.29 is 9.15 Å². The zero-order valence-electron chi connectivity index (χ0n) is 12.6. The maximum absolute atomic E-state index is 5.52. The maximum atomic E-state index is 5.52. The molecular formula is C15H22IN3O2S. The van der Waals surface area contributed by atoms with Crippen molar-refractivity contribution in [2.24, 2.45) is 4.99 Å². The minimum Gasteiger partial charge on any atom is -0.467 e. The first kappa shape index (κ1) is 19.0. The number of nitrogens with one attached hydrogen (secondary N) is 2. The number of furan rings is 1. The van der Waals surface area contributed by atoms with Crippen molar-refractivity contribution >= 4 is 41.3 Å². The minimum atomic E-state index is 0. The lowest BCUT2D eigenvalue weighted by Gasteiger charge is -2.11. The molecule has 2 rings (SSSR count). The summed E-state index contributed by atoms with van der Waals surface area (Å²) in [4.78, 5) is 5.48. The van der Waals surface area contributed by atoms with Gasteiger partial charge in [-0.1, -0.05) is 6.07 Å². The summed E-state index contributed by atoms with van der Waals surface area (Å²) < 4.78 is 10.7. The molecule has 0 spiro atoms. The molecule has 0 aromatic carbocycles. The van der Waals surface area contributed by atoms with Gasteiger partial charge in [0.1, 0.15) is 12.4 Å². The molecule has 2 heterocycles. The molecule has 2 N–H and O–H groups in total. The lowest BCUT2D eigenvalue weighted by Crippen LogP contribution is -2.37. The fraction of sp³-hybridized carbons (Fsp3) is 0.400. The van der Waals surface area contributed by atoms with Crippen LogP contribution in [0.15, 0.2) is 45.3 Å². The molecule has 2 aromatic rings. The molecule has 122 valence electrons. The van der Waals surface area contributed by atoms with Crippen LogP contribution in [0.25, 0.3) is 0 Å². The number of halogens is 1. The zero-order valence-corrected chi connectivity index (χ0v) is 15.7. The van der Waals surface area contributed by atoms with Gasteiger partial charge in [0.05, 0.1) is 12.8 Å². The average molecular weight is 435 g/mol. The smallest absolute Gasteiger partial charge is 0.191 e. The van der Waals surface area contributed by atoms with E-state index in [4.69, 9.17) is 9.15 Å². The summed E-state index contributed by atoms with van der Waals surface area (Å²) in [7, 11) is 1.77. The summed E-state index contributed by atoms with van der Waals surface area (Å²) in [6.07, 6.45) is 2.57. The lowest BCUT2D eigenvalue weighted by atomic mass is 10.4. The Kier molecular flexibility index (Phi) is 9.93. The molecule has 0 fully saturated rings. The molecule has 2 aromatic heterocycles. The molecule has 22 heavy (non-hydrogen) atoms. The standard InChI is InChI=1S/C15H21N3O2S.HI/c1-16-15(18-11-14-6-3-10-21-14)17-7-4-8-19-12-13-5-2-9-20-13;/h2-3,5-6,9-10H,4,7-8,11-12H2,1H3,(H2,16,17,18);1H. The van der Waals surface area contributed by atoms with Crippen LogP contribution >= 0.6 is 35.3 Å². The van der Waals surface area contributed by atoms with E-state index in [1.165, 1.54) is 4.88 Å². The average Bonchev–Trinajstić information content (AvgIpc) is 3.19. The van der Waals surface area contributed by atoms with Crippen molar-refractivity contribution in [2.75, 3.05) is 20.2 Å². The summed E-state index contributed by atoms with van der Waals surface area (Å²) in [6, 6.07) is 7.93. The third kappa shape index (κ3) is 7.28. The van der Waals surface area contributed by atoms with Crippen molar-refractivity contribution in [1.29, 1.82) is 0 Å². The summed E-state index contributed by atoms with van der Waals surface area (Å²) in [5, 5.41) is 8.62.